The van der Waals surface area contributed by atoms with Crippen molar-refractivity contribution >= 4 is 35.1 Å². The first-order valence-corrected chi connectivity index (χ1v) is 11.9. The van der Waals surface area contributed by atoms with E-state index >= 15 is 0 Å². The van der Waals surface area contributed by atoms with Crippen LogP contribution < -0.4 is 15.4 Å². The number of amides is 1. The normalized spacial score (nSPS) is 23.9. The summed E-state index contributed by atoms with van der Waals surface area (Å²) in [6.45, 7) is 1.99. The van der Waals surface area contributed by atoms with Crippen LogP contribution in [0.4, 0.5) is 5.69 Å². The standard InChI is InChI=1S/C29H24ClN3O3/c1-17-6-12-23-19(14-17)9-13-24-29(16-31,28(32)35)25(18-7-10-21(30)11-8-18)26(33(23)24)27(34)20-4-3-5-22(15-20)36-2/h3-15,24-26H,1-2H3,(H2,32,35)/t24-,25+,26+,29-/m1/s1. The van der Waals surface area contributed by atoms with E-state index in [4.69, 9.17) is 22.1 Å². The molecule has 2 heterocycles. The number of Topliss-reactive ketones (excluding diaryl/α,β-unsaturated/α-hetero) is 1. The van der Waals surface area contributed by atoms with Gasteiger partial charge in [0, 0.05) is 22.2 Å². The van der Waals surface area contributed by atoms with Gasteiger partial charge in [0.15, 0.2) is 11.2 Å². The molecule has 0 saturated carbocycles. The Bertz CT molecular complexity index is 1440. The van der Waals surface area contributed by atoms with E-state index in [0.717, 1.165) is 16.8 Å². The molecule has 2 aliphatic heterocycles. The SMILES string of the molecule is COc1cccc(C(=O)[C@@H]2[C@H](c3ccc(Cl)cc3)[C@](C#N)(C(N)=O)[C@H]3C=Cc4cc(C)ccc4N23)c1. The molecule has 3 aromatic rings. The predicted octanol–water partition coefficient (Wildman–Crippen LogP) is 4.90. The number of methoxy groups -OCH3 is 1. The maximum atomic E-state index is 14.3. The van der Waals surface area contributed by atoms with Crippen LogP contribution in [0.25, 0.3) is 6.08 Å². The van der Waals surface area contributed by atoms with Crippen molar-refractivity contribution in [3.63, 3.8) is 0 Å². The van der Waals surface area contributed by atoms with Gasteiger partial charge in [-0.25, -0.2) is 0 Å². The lowest BCUT2D eigenvalue weighted by molar-refractivity contribution is -0.125. The van der Waals surface area contributed by atoms with Gasteiger partial charge in [0.05, 0.1) is 19.2 Å². The first-order chi connectivity index (χ1) is 17.3. The van der Waals surface area contributed by atoms with Crippen molar-refractivity contribution in [3.05, 3.63) is 100 Å². The number of halogens is 1. The van der Waals surface area contributed by atoms with Crippen LogP contribution in [0.3, 0.4) is 0 Å². The fourth-order valence-corrected chi connectivity index (χ4v) is 5.72. The Labute approximate surface area is 214 Å². The van der Waals surface area contributed by atoms with Crippen LogP contribution in [0.1, 0.15) is 33.0 Å². The van der Waals surface area contributed by atoms with Crippen molar-refractivity contribution in [1.82, 2.24) is 0 Å². The van der Waals surface area contributed by atoms with Crippen molar-refractivity contribution in [1.29, 1.82) is 5.26 Å². The minimum Gasteiger partial charge on any atom is -0.497 e. The summed E-state index contributed by atoms with van der Waals surface area (Å²) >= 11 is 6.16. The van der Waals surface area contributed by atoms with Crippen molar-refractivity contribution < 1.29 is 14.3 Å². The summed E-state index contributed by atoms with van der Waals surface area (Å²) in [6.07, 6.45) is 3.72. The number of carbonyl (C=O) groups excluding carboxylic acids is 2. The molecule has 0 radical (unpaired) electrons. The van der Waals surface area contributed by atoms with Gasteiger partial charge in [0.2, 0.25) is 5.91 Å². The highest BCUT2D eigenvalue weighted by molar-refractivity contribution is 6.30. The quantitative estimate of drug-likeness (QED) is 0.505. The van der Waals surface area contributed by atoms with Gasteiger partial charge in [-0.2, -0.15) is 5.26 Å². The smallest absolute Gasteiger partial charge is 0.241 e. The monoisotopic (exact) mass is 497 g/mol. The lowest BCUT2D eigenvalue weighted by Crippen LogP contribution is -2.49. The molecule has 1 fully saturated rings. The molecule has 7 heteroatoms. The second-order valence-electron chi connectivity index (χ2n) is 9.19. The van der Waals surface area contributed by atoms with Crippen LogP contribution in [-0.2, 0) is 4.79 Å². The number of fused-ring (bicyclic) bond motifs is 3. The summed E-state index contributed by atoms with van der Waals surface area (Å²) < 4.78 is 5.35. The molecule has 2 N–H and O–H groups in total. The Morgan fingerprint density at radius 2 is 1.86 bits per heavy atom. The average molecular weight is 498 g/mol. The van der Waals surface area contributed by atoms with E-state index in [0.29, 0.717) is 21.9 Å². The van der Waals surface area contributed by atoms with Gasteiger partial charge in [-0.05, 0) is 54.4 Å². The van der Waals surface area contributed by atoms with Gasteiger partial charge in [-0.3, -0.25) is 9.59 Å². The summed E-state index contributed by atoms with van der Waals surface area (Å²) in [5.74, 6) is -1.33. The van der Waals surface area contributed by atoms with Crippen molar-refractivity contribution in [2.45, 2.75) is 24.9 Å². The molecule has 1 amide bonds. The molecule has 5 rings (SSSR count). The van der Waals surface area contributed by atoms with Gasteiger partial charge < -0.3 is 15.4 Å². The molecule has 0 bridgehead atoms. The third-order valence-corrected chi connectivity index (χ3v) is 7.49. The first-order valence-electron chi connectivity index (χ1n) is 11.5. The predicted molar refractivity (Wildman–Crippen MR) is 139 cm³/mol. The summed E-state index contributed by atoms with van der Waals surface area (Å²) in [7, 11) is 1.54. The summed E-state index contributed by atoms with van der Waals surface area (Å²) in [5, 5.41) is 11.1. The number of rotatable bonds is 5. The molecule has 0 aliphatic carbocycles. The Kier molecular flexibility index (Phi) is 5.82. The van der Waals surface area contributed by atoms with E-state index < -0.39 is 29.3 Å². The fourth-order valence-electron chi connectivity index (χ4n) is 5.60. The third kappa shape index (κ3) is 3.47. The molecular weight excluding hydrogens is 474 g/mol. The van der Waals surface area contributed by atoms with Crippen molar-refractivity contribution in [3.8, 4) is 11.8 Å². The highest BCUT2D eigenvalue weighted by Crippen LogP contribution is 2.56. The number of ketones is 1. The van der Waals surface area contributed by atoms with Crippen LogP contribution in [0.15, 0.2) is 72.8 Å². The van der Waals surface area contributed by atoms with Crippen LogP contribution in [0.2, 0.25) is 5.02 Å². The van der Waals surface area contributed by atoms with Gasteiger partial charge in [-0.1, -0.05) is 59.6 Å². The van der Waals surface area contributed by atoms with Crippen LogP contribution in [0.5, 0.6) is 5.75 Å². The molecule has 180 valence electrons. The molecule has 6 nitrogen and oxygen atoms in total. The average Bonchev–Trinajstić information content (AvgIpc) is 3.20. The Balaban J connectivity index is 1.80. The number of carbonyl (C=O) groups is 2. The number of benzene rings is 3. The first kappa shape index (κ1) is 23.7. The summed E-state index contributed by atoms with van der Waals surface area (Å²) in [6, 6.07) is 20.3. The zero-order chi connectivity index (χ0) is 25.6. The van der Waals surface area contributed by atoms with E-state index in [-0.39, 0.29) is 5.78 Å². The largest absolute Gasteiger partial charge is 0.497 e. The third-order valence-electron chi connectivity index (χ3n) is 7.24. The highest BCUT2D eigenvalue weighted by Gasteiger charge is 2.65. The van der Waals surface area contributed by atoms with E-state index in [1.54, 1.807) is 48.5 Å². The topological polar surface area (TPSA) is 96.4 Å². The molecule has 0 spiro atoms. The van der Waals surface area contributed by atoms with E-state index in [2.05, 4.69) is 6.07 Å². The molecule has 36 heavy (non-hydrogen) atoms. The molecular formula is C29H24ClN3O3. The Hall–Kier alpha value is -4.08. The zero-order valence-electron chi connectivity index (χ0n) is 19.8. The van der Waals surface area contributed by atoms with E-state index in [1.807, 2.05) is 42.2 Å². The van der Waals surface area contributed by atoms with Gasteiger partial charge in [-0.15, -0.1) is 0 Å². The van der Waals surface area contributed by atoms with Crippen molar-refractivity contribution in [2.24, 2.45) is 11.1 Å². The number of nitriles is 1. The molecule has 2 aliphatic rings. The fraction of sp³-hybridized carbons (Fsp3) is 0.207. The number of ether oxygens (including phenoxy) is 1. The Morgan fingerprint density at radius 1 is 1.11 bits per heavy atom. The van der Waals surface area contributed by atoms with Gasteiger partial charge in [0.25, 0.3) is 0 Å². The maximum absolute atomic E-state index is 14.3. The zero-order valence-corrected chi connectivity index (χ0v) is 20.6. The summed E-state index contributed by atoms with van der Waals surface area (Å²) in [5.41, 5.74) is 8.10. The van der Waals surface area contributed by atoms with Crippen molar-refractivity contribution in [2.75, 3.05) is 12.0 Å². The number of anilines is 1. The molecule has 4 atom stereocenters. The molecule has 3 aromatic carbocycles. The number of hydrogen-bond acceptors (Lipinski definition) is 5. The van der Waals surface area contributed by atoms with Gasteiger partial charge >= 0.3 is 0 Å². The second kappa shape index (κ2) is 8.85. The number of nitrogens with zero attached hydrogens (tertiary/aromatic N) is 2. The highest BCUT2D eigenvalue weighted by atomic mass is 35.5. The lowest BCUT2D eigenvalue weighted by Gasteiger charge is -2.36. The van der Waals surface area contributed by atoms with Crippen LogP contribution >= 0.6 is 11.6 Å². The van der Waals surface area contributed by atoms with Crippen LogP contribution in [-0.4, -0.2) is 30.9 Å². The number of nitrogens with two attached hydrogens (primary N) is 1. The molecule has 0 unspecified atom stereocenters. The second-order valence-corrected chi connectivity index (χ2v) is 9.63. The maximum Gasteiger partial charge on any atom is 0.241 e. The number of aryl methyl sites for hydroxylation is 1. The molecule has 0 aromatic heterocycles. The van der Waals surface area contributed by atoms with E-state index in [1.165, 1.54) is 7.11 Å². The minimum absolute atomic E-state index is 0.237. The van der Waals surface area contributed by atoms with Gasteiger partial charge in [0.1, 0.15) is 11.8 Å². The number of hydrogen-bond donors (Lipinski definition) is 1. The van der Waals surface area contributed by atoms with Crippen LogP contribution in [0, 0.1) is 23.7 Å². The minimum atomic E-state index is -1.70. The molecule has 1 saturated heterocycles. The van der Waals surface area contributed by atoms with E-state index in [9.17, 15) is 14.9 Å². The Morgan fingerprint density at radius 3 is 2.53 bits per heavy atom. The lowest BCUT2D eigenvalue weighted by atomic mass is 9.67. The number of primary amides is 1. The summed E-state index contributed by atoms with van der Waals surface area (Å²) in [4.78, 5) is 29.4.